The van der Waals surface area contributed by atoms with Crippen molar-refractivity contribution in [2.75, 3.05) is 31.9 Å². The van der Waals surface area contributed by atoms with Crippen molar-refractivity contribution in [1.29, 1.82) is 0 Å². The molecule has 3 rings (SSSR count). The Morgan fingerprint density at radius 1 is 1.31 bits per heavy atom. The second-order valence-corrected chi connectivity index (χ2v) is 9.66. The highest BCUT2D eigenvalue weighted by molar-refractivity contribution is 7.91. The van der Waals surface area contributed by atoms with Gasteiger partial charge >= 0.3 is 11.8 Å². The Morgan fingerprint density at radius 2 is 2.10 bits per heavy atom. The molecule has 1 N–H and O–H groups in total. The molecular weight excluding hydrogens is 392 g/mol. The molecule has 1 aromatic heterocycles. The van der Waals surface area contributed by atoms with Crippen LogP contribution in [0.4, 0.5) is 0 Å². The lowest BCUT2D eigenvalue weighted by atomic mass is 10.0. The third-order valence-electron chi connectivity index (χ3n) is 5.04. The molecule has 2 aromatic rings. The van der Waals surface area contributed by atoms with Crippen LogP contribution in [0.1, 0.15) is 42.7 Å². The molecule has 1 saturated heterocycles. The van der Waals surface area contributed by atoms with Crippen LogP contribution in [-0.4, -0.2) is 61.3 Å². The Kier molecular flexibility index (Phi) is 7.38. The van der Waals surface area contributed by atoms with Crippen LogP contribution in [0.2, 0.25) is 0 Å². The number of carbonyl (C=O) groups excluding carboxylic acids is 1. The van der Waals surface area contributed by atoms with E-state index in [1.165, 1.54) is 12.8 Å². The average Bonchev–Trinajstić information content (AvgIpc) is 3.20. The zero-order valence-electron chi connectivity index (χ0n) is 16.7. The molecule has 1 atom stereocenters. The maximum absolute atomic E-state index is 12.3. The van der Waals surface area contributed by atoms with E-state index in [4.69, 9.17) is 4.52 Å². The molecule has 29 heavy (non-hydrogen) atoms. The van der Waals surface area contributed by atoms with Gasteiger partial charge in [-0.05, 0) is 50.4 Å². The van der Waals surface area contributed by atoms with Crippen LogP contribution in [0.25, 0.3) is 0 Å². The molecular formula is C20H28N4O4S. The summed E-state index contributed by atoms with van der Waals surface area (Å²) in [5, 5.41) is 6.51. The number of piperidine rings is 1. The molecule has 1 aliphatic rings. The van der Waals surface area contributed by atoms with Crippen molar-refractivity contribution in [3.8, 4) is 0 Å². The van der Waals surface area contributed by atoms with Crippen molar-refractivity contribution >= 4 is 15.7 Å². The van der Waals surface area contributed by atoms with E-state index in [1.54, 1.807) is 30.3 Å². The van der Waals surface area contributed by atoms with Gasteiger partial charge in [-0.15, -0.1) is 0 Å². The molecule has 9 heteroatoms. The Labute approximate surface area is 171 Å². The zero-order valence-corrected chi connectivity index (χ0v) is 17.5. The maximum atomic E-state index is 12.3. The smallest absolute Gasteiger partial charge is 0.315 e. The van der Waals surface area contributed by atoms with Crippen LogP contribution in [-0.2, 0) is 16.3 Å². The predicted octanol–water partition coefficient (Wildman–Crippen LogP) is 1.94. The Hall–Kier alpha value is -2.26. The normalized spacial score (nSPS) is 17.9. The largest absolute Gasteiger partial charge is 0.348 e. The van der Waals surface area contributed by atoms with Crippen LogP contribution in [0.15, 0.2) is 39.8 Å². The Morgan fingerprint density at radius 3 is 2.86 bits per heavy atom. The second-order valence-electron chi connectivity index (χ2n) is 7.56. The summed E-state index contributed by atoms with van der Waals surface area (Å²) in [5.41, 5.74) is 0. The zero-order chi connectivity index (χ0) is 20.7. The molecule has 1 unspecified atom stereocenters. The van der Waals surface area contributed by atoms with Gasteiger partial charge in [0.15, 0.2) is 15.7 Å². The number of nitrogens with zero attached hydrogens (tertiary/aromatic N) is 3. The summed E-state index contributed by atoms with van der Waals surface area (Å²) in [5.74, 6) is 0.231. The molecule has 1 amide bonds. The third kappa shape index (κ3) is 6.37. The highest BCUT2D eigenvalue weighted by Crippen LogP contribution is 2.15. The van der Waals surface area contributed by atoms with Gasteiger partial charge in [-0.25, -0.2) is 8.42 Å². The Balaban J connectivity index is 1.41. The lowest BCUT2D eigenvalue weighted by Crippen LogP contribution is -2.36. The SMILES string of the molecule is CC1CCCN(CCCNC(=O)c2nc(CCS(=O)(=O)c3ccccc3)no2)C1. The number of likely N-dealkylation sites (tertiary alicyclic amines) is 1. The van der Waals surface area contributed by atoms with E-state index in [-0.39, 0.29) is 28.8 Å². The monoisotopic (exact) mass is 420 g/mol. The van der Waals surface area contributed by atoms with Crippen molar-refractivity contribution in [3.63, 3.8) is 0 Å². The number of rotatable bonds is 9. The second kappa shape index (κ2) is 9.98. The highest BCUT2D eigenvalue weighted by Gasteiger charge is 2.19. The van der Waals surface area contributed by atoms with Gasteiger partial charge in [-0.1, -0.05) is 30.3 Å². The van der Waals surface area contributed by atoms with Gasteiger partial charge in [0.2, 0.25) is 0 Å². The van der Waals surface area contributed by atoms with Gasteiger partial charge in [-0.3, -0.25) is 4.79 Å². The standard InChI is InChI=1S/C20H28N4O4S/c1-16-7-5-12-24(15-16)13-6-11-21-19(25)20-22-18(23-28-20)10-14-29(26,27)17-8-3-2-4-9-17/h2-4,8-9,16H,5-7,10-15H2,1H3,(H,21,25). The van der Waals surface area contributed by atoms with Gasteiger partial charge in [0.05, 0.1) is 10.6 Å². The van der Waals surface area contributed by atoms with Gasteiger partial charge < -0.3 is 14.7 Å². The van der Waals surface area contributed by atoms with Crippen LogP contribution in [0.3, 0.4) is 0 Å². The fourth-order valence-electron chi connectivity index (χ4n) is 3.49. The number of sulfone groups is 1. The van der Waals surface area contributed by atoms with Crippen LogP contribution in [0.5, 0.6) is 0 Å². The quantitative estimate of drug-likeness (QED) is 0.618. The van der Waals surface area contributed by atoms with Gasteiger partial charge in [0, 0.05) is 19.5 Å². The first-order chi connectivity index (χ1) is 13.9. The molecule has 1 aliphatic heterocycles. The maximum Gasteiger partial charge on any atom is 0.315 e. The molecule has 0 bridgehead atoms. The number of hydrogen-bond donors (Lipinski definition) is 1. The summed E-state index contributed by atoms with van der Waals surface area (Å²) in [6.07, 6.45) is 3.47. The summed E-state index contributed by atoms with van der Waals surface area (Å²) < 4.78 is 29.6. The van der Waals surface area contributed by atoms with E-state index in [1.807, 2.05) is 0 Å². The molecule has 0 spiro atoms. The van der Waals surface area contributed by atoms with Gasteiger partial charge in [0.1, 0.15) is 0 Å². The molecule has 2 heterocycles. The average molecular weight is 421 g/mol. The molecule has 0 radical (unpaired) electrons. The fourth-order valence-corrected chi connectivity index (χ4v) is 4.75. The van der Waals surface area contributed by atoms with E-state index in [0.717, 1.165) is 32.0 Å². The number of hydrogen-bond acceptors (Lipinski definition) is 7. The first-order valence-corrected chi connectivity index (χ1v) is 11.7. The number of carbonyl (C=O) groups is 1. The summed E-state index contributed by atoms with van der Waals surface area (Å²) in [4.78, 5) is 18.8. The Bertz CT molecular complexity index is 898. The van der Waals surface area contributed by atoms with Crippen molar-refractivity contribution < 1.29 is 17.7 Å². The topological polar surface area (TPSA) is 105 Å². The number of amides is 1. The minimum absolute atomic E-state index is 0.0845. The van der Waals surface area contributed by atoms with Crippen molar-refractivity contribution in [3.05, 3.63) is 42.0 Å². The summed E-state index contributed by atoms with van der Waals surface area (Å²) in [6, 6.07) is 8.21. The lowest BCUT2D eigenvalue weighted by Gasteiger charge is -2.30. The summed E-state index contributed by atoms with van der Waals surface area (Å²) >= 11 is 0. The lowest BCUT2D eigenvalue weighted by molar-refractivity contribution is 0.0906. The molecule has 1 aromatic carbocycles. The molecule has 8 nitrogen and oxygen atoms in total. The van der Waals surface area contributed by atoms with E-state index in [0.29, 0.717) is 6.54 Å². The van der Waals surface area contributed by atoms with E-state index in [2.05, 4.69) is 27.3 Å². The number of benzene rings is 1. The highest BCUT2D eigenvalue weighted by atomic mass is 32.2. The van der Waals surface area contributed by atoms with Gasteiger partial charge in [0.25, 0.3) is 0 Å². The fraction of sp³-hybridized carbons (Fsp3) is 0.550. The van der Waals surface area contributed by atoms with E-state index < -0.39 is 15.7 Å². The number of aromatic nitrogens is 2. The van der Waals surface area contributed by atoms with Crippen molar-refractivity contribution in [2.24, 2.45) is 5.92 Å². The minimum Gasteiger partial charge on any atom is -0.348 e. The minimum atomic E-state index is -3.43. The first-order valence-electron chi connectivity index (χ1n) is 10.0. The molecule has 158 valence electrons. The number of nitrogens with one attached hydrogen (secondary N) is 1. The van der Waals surface area contributed by atoms with Crippen LogP contribution < -0.4 is 5.32 Å². The van der Waals surface area contributed by atoms with E-state index >= 15 is 0 Å². The van der Waals surface area contributed by atoms with Crippen molar-refractivity contribution in [2.45, 2.75) is 37.5 Å². The van der Waals surface area contributed by atoms with Gasteiger partial charge in [-0.2, -0.15) is 4.98 Å². The molecule has 0 saturated carbocycles. The van der Waals surface area contributed by atoms with Crippen LogP contribution in [0, 0.1) is 5.92 Å². The predicted molar refractivity (Wildman–Crippen MR) is 108 cm³/mol. The summed E-state index contributed by atoms with van der Waals surface area (Å²) in [7, 11) is -3.43. The van der Waals surface area contributed by atoms with Crippen LogP contribution >= 0.6 is 0 Å². The van der Waals surface area contributed by atoms with Crippen molar-refractivity contribution in [1.82, 2.24) is 20.4 Å². The number of aryl methyl sites for hydroxylation is 1. The van der Waals surface area contributed by atoms with E-state index in [9.17, 15) is 13.2 Å². The molecule has 0 aliphatic carbocycles. The molecule has 1 fully saturated rings. The summed E-state index contributed by atoms with van der Waals surface area (Å²) in [6.45, 7) is 6.00. The third-order valence-corrected chi connectivity index (χ3v) is 6.77. The first kappa shape index (κ1) is 21.4.